The lowest BCUT2D eigenvalue weighted by atomic mass is 9.78. The largest absolute Gasteiger partial charge is 0.465 e. The van der Waals surface area contributed by atoms with E-state index >= 15 is 0 Å². The van der Waals surface area contributed by atoms with Crippen molar-refractivity contribution in [3.8, 4) is 0 Å². The second-order valence-corrected chi connectivity index (χ2v) is 5.58. The van der Waals surface area contributed by atoms with Crippen molar-refractivity contribution in [2.24, 2.45) is 11.1 Å². The van der Waals surface area contributed by atoms with Crippen LogP contribution in [0.4, 0.5) is 0 Å². The van der Waals surface area contributed by atoms with Gasteiger partial charge in [0.05, 0.1) is 16.9 Å². The summed E-state index contributed by atoms with van der Waals surface area (Å²) in [4.78, 5) is 12.8. The molecule has 1 amide bonds. The van der Waals surface area contributed by atoms with E-state index in [1.807, 2.05) is 32.9 Å². The number of carbonyl (C=O) groups is 1. The minimum atomic E-state index is -0.736. The van der Waals surface area contributed by atoms with Crippen LogP contribution >= 0.6 is 12.2 Å². The zero-order valence-corrected chi connectivity index (χ0v) is 13.3. The third kappa shape index (κ3) is 3.82. The molecule has 0 aromatic carbocycles. The van der Waals surface area contributed by atoms with Gasteiger partial charge in [-0.1, -0.05) is 38.9 Å². The topological polar surface area (TPSA) is 68.3 Å². The average Bonchev–Trinajstić information content (AvgIpc) is 2.81. The molecule has 5 heteroatoms. The smallest absolute Gasteiger partial charge is 0.233 e. The maximum atomic E-state index is 12.5. The van der Waals surface area contributed by atoms with Gasteiger partial charge in [0.15, 0.2) is 0 Å². The number of thiocarbonyl (C=S) groups is 1. The van der Waals surface area contributed by atoms with Gasteiger partial charge in [-0.05, 0) is 31.9 Å². The van der Waals surface area contributed by atoms with Gasteiger partial charge in [-0.15, -0.1) is 0 Å². The maximum Gasteiger partial charge on any atom is 0.233 e. The van der Waals surface area contributed by atoms with E-state index in [9.17, 15) is 4.79 Å². The molecular weight excluding hydrogens is 272 g/mol. The summed E-state index contributed by atoms with van der Waals surface area (Å²) in [6.07, 6.45) is 3.09. The Morgan fingerprint density at radius 1 is 1.35 bits per heavy atom. The molecule has 0 aliphatic carbocycles. The van der Waals surface area contributed by atoms with Crippen LogP contribution in [0.15, 0.2) is 16.5 Å². The monoisotopic (exact) mass is 296 g/mol. The molecule has 0 aliphatic rings. The van der Waals surface area contributed by atoms with Crippen molar-refractivity contribution >= 4 is 23.1 Å². The maximum absolute atomic E-state index is 12.5. The van der Waals surface area contributed by atoms with Gasteiger partial charge in [0.25, 0.3) is 0 Å². The first-order valence-corrected chi connectivity index (χ1v) is 7.50. The number of hydrogen-bond donors (Lipinski definition) is 2. The molecule has 0 saturated heterocycles. The fourth-order valence-corrected chi connectivity index (χ4v) is 2.78. The molecule has 20 heavy (non-hydrogen) atoms. The number of aryl methyl sites for hydroxylation is 1. The number of amides is 1. The minimum absolute atomic E-state index is 0.0947. The number of nitrogens with one attached hydrogen (secondary N) is 1. The van der Waals surface area contributed by atoms with Crippen LogP contribution in [0.25, 0.3) is 0 Å². The summed E-state index contributed by atoms with van der Waals surface area (Å²) < 4.78 is 5.45. The molecule has 112 valence electrons. The first-order chi connectivity index (χ1) is 9.46. The standard InChI is InChI=1S/C15H24N2O2S/c1-4-8-15(9-5-2,13(16)20)14(18)17-10-12-7-6-11(3)19-12/h6-7H,4-5,8-10H2,1-3H3,(H2,16,20)(H,17,18). The van der Waals surface area contributed by atoms with E-state index in [4.69, 9.17) is 22.4 Å². The van der Waals surface area contributed by atoms with Crippen molar-refractivity contribution in [2.75, 3.05) is 0 Å². The number of carbonyl (C=O) groups excluding carboxylic acids is 1. The van der Waals surface area contributed by atoms with Crippen LogP contribution in [-0.4, -0.2) is 10.9 Å². The van der Waals surface area contributed by atoms with E-state index in [1.165, 1.54) is 0 Å². The summed E-state index contributed by atoms with van der Waals surface area (Å²) in [6.45, 7) is 6.31. The number of nitrogens with two attached hydrogens (primary N) is 1. The fourth-order valence-electron chi connectivity index (χ4n) is 2.48. The molecule has 1 heterocycles. The molecule has 0 spiro atoms. The van der Waals surface area contributed by atoms with Crippen molar-refractivity contribution < 1.29 is 9.21 Å². The van der Waals surface area contributed by atoms with Gasteiger partial charge in [0.1, 0.15) is 11.5 Å². The van der Waals surface area contributed by atoms with Gasteiger partial charge in [0, 0.05) is 0 Å². The molecule has 1 aromatic rings. The van der Waals surface area contributed by atoms with Crippen molar-refractivity contribution in [3.05, 3.63) is 23.7 Å². The van der Waals surface area contributed by atoms with Crippen LogP contribution in [0.3, 0.4) is 0 Å². The fraction of sp³-hybridized carbons (Fsp3) is 0.600. The minimum Gasteiger partial charge on any atom is -0.465 e. The first kappa shape index (κ1) is 16.7. The van der Waals surface area contributed by atoms with Crippen LogP contribution in [0.1, 0.15) is 51.1 Å². The van der Waals surface area contributed by atoms with Gasteiger partial charge >= 0.3 is 0 Å². The Kier molecular flexibility index (Phi) is 6.20. The molecule has 0 atom stereocenters. The summed E-state index contributed by atoms with van der Waals surface area (Å²) in [6, 6.07) is 3.73. The summed E-state index contributed by atoms with van der Waals surface area (Å²) in [7, 11) is 0. The van der Waals surface area contributed by atoms with Gasteiger partial charge in [0.2, 0.25) is 5.91 Å². The van der Waals surface area contributed by atoms with E-state index < -0.39 is 5.41 Å². The number of rotatable bonds is 8. The molecule has 0 fully saturated rings. The van der Waals surface area contributed by atoms with Gasteiger partial charge in [-0.2, -0.15) is 0 Å². The van der Waals surface area contributed by atoms with Gasteiger partial charge in [-0.25, -0.2) is 0 Å². The van der Waals surface area contributed by atoms with Crippen LogP contribution in [-0.2, 0) is 11.3 Å². The van der Waals surface area contributed by atoms with E-state index in [-0.39, 0.29) is 10.9 Å². The van der Waals surface area contributed by atoms with Crippen molar-refractivity contribution in [2.45, 2.75) is 53.0 Å². The summed E-state index contributed by atoms with van der Waals surface area (Å²) in [5.41, 5.74) is 5.13. The third-order valence-corrected chi connectivity index (χ3v) is 3.87. The Morgan fingerprint density at radius 3 is 2.35 bits per heavy atom. The van der Waals surface area contributed by atoms with Crippen LogP contribution in [0.2, 0.25) is 0 Å². The predicted octanol–water partition coefficient (Wildman–Crippen LogP) is 3.08. The summed E-state index contributed by atoms with van der Waals surface area (Å²) in [5.74, 6) is 1.47. The van der Waals surface area contributed by atoms with Crippen LogP contribution in [0, 0.1) is 12.3 Å². The normalized spacial score (nSPS) is 11.3. The Hall–Kier alpha value is -1.36. The predicted molar refractivity (Wildman–Crippen MR) is 84.3 cm³/mol. The van der Waals surface area contributed by atoms with Gasteiger partial charge < -0.3 is 15.5 Å². The van der Waals surface area contributed by atoms with E-state index in [1.54, 1.807) is 0 Å². The molecule has 0 unspecified atom stereocenters. The third-order valence-electron chi connectivity index (χ3n) is 3.48. The van der Waals surface area contributed by atoms with E-state index in [2.05, 4.69) is 5.32 Å². The van der Waals surface area contributed by atoms with Crippen molar-refractivity contribution in [1.82, 2.24) is 5.32 Å². The second kappa shape index (κ2) is 7.43. The van der Waals surface area contributed by atoms with Crippen molar-refractivity contribution in [1.29, 1.82) is 0 Å². The van der Waals surface area contributed by atoms with Gasteiger partial charge in [-0.3, -0.25) is 4.79 Å². The SMILES string of the molecule is CCCC(CCC)(C(=O)NCc1ccc(C)o1)C(N)=S. The molecular formula is C15H24N2O2S. The Morgan fingerprint density at radius 2 is 1.95 bits per heavy atom. The number of furan rings is 1. The van der Waals surface area contributed by atoms with Crippen LogP contribution in [0.5, 0.6) is 0 Å². The first-order valence-electron chi connectivity index (χ1n) is 7.09. The molecule has 0 aliphatic heterocycles. The summed E-state index contributed by atoms with van der Waals surface area (Å²) >= 11 is 5.16. The molecule has 1 rings (SSSR count). The highest BCUT2D eigenvalue weighted by molar-refractivity contribution is 7.80. The van der Waals surface area contributed by atoms with Crippen LogP contribution < -0.4 is 11.1 Å². The quantitative estimate of drug-likeness (QED) is 0.723. The van der Waals surface area contributed by atoms with E-state index in [0.29, 0.717) is 19.4 Å². The second-order valence-electron chi connectivity index (χ2n) is 5.14. The molecule has 0 saturated carbocycles. The summed E-state index contributed by atoms with van der Waals surface area (Å²) in [5, 5.41) is 2.90. The zero-order chi connectivity index (χ0) is 15.2. The highest BCUT2D eigenvalue weighted by Crippen LogP contribution is 2.31. The zero-order valence-electron chi connectivity index (χ0n) is 12.5. The molecule has 3 N–H and O–H groups in total. The average molecular weight is 296 g/mol. The molecule has 0 bridgehead atoms. The number of hydrogen-bond acceptors (Lipinski definition) is 3. The Labute approximate surface area is 126 Å². The molecule has 4 nitrogen and oxygen atoms in total. The van der Waals surface area contributed by atoms with Crippen molar-refractivity contribution in [3.63, 3.8) is 0 Å². The molecule has 0 radical (unpaired) electrons. The lowest BCUT2D eigenvalue weighted by Crippen LogP contribution is -2.48. The molecule has 1 aromatic heterocycles. The highest BCUT2D eigenvalue weighted by Gasteiger charge is 2.39. The Balaban J connectivity index is 2.79. The lowest BCUT2D eigenvalue weighted by molar-refractivity contribution is -0.128. The Bertz CT molecular complexity index is 462. The lowest BCUT2D eigenvalue weighted by Gasteiger charge is -2.30. The highest BCUT2D eigenvalue weighted by atomic mass is 32.1. The van der Waals surface area contributed by atoms with E-state index in [0.717, 1.165) is 24.4 Å².